The van der Waals surface area contributed by atoms with Gasteiger partial charge in [0.1, 0.15) is 0 Å². The van der Waals surface area contributed by atoms with Gasteiger partial charge in [0.25, 0.3) is 5.69 Å². The third-order valence-corrected chi connectivity index (χ3v) is 5.40. The van der Waals surface area contributed by atoms with Crippen molar-refractivity contribution in [2.24, 2.45) is 0 Å². The Morgan fingerprint density at radius 3 is 2.31 bits per heavy atom. The molecule has 0 radical (unpaired) electrons. The molecular formula is C18H21N3O7S. The van der Waals surface area contributed by atoms with Gasteiger partial charge in [-0.25, -0.2) is 13.1 Å². The van der Waals surface area contributed by atoms with Gasteiger partial charge in [0.2, 0.25) is 15.9 Å². The molecule has 0 saturated heterocycles. The number of methoxy groups -OCH3 is 2. The van der Waals surface area contributed by atoms with Crippen molar-refractivity contribution in [2.45, 2.75) is 17.9 Å². The van der Waals surface area contributed by atoms with E-state index >= 15 is 0 Å². The van der Waals surface area contributed by atoms with Crippen molar-refractivity contribution in [2.75, 3.05) is 20.8 Å². The third-order valence-electron chi connectivity index (χ3n) is 3.95. The lowest BCUT2D eigenvalue weighted by Crippen LogP contribution is -2.30. The molecule has 0 aromatic heterocycles. The molecule has 11 heteroatoms. The van der Waals surface area contributed by atoms with E-state index in [4.69, 9.17) is 9.47 Å². The highest BCUT2D eigenvalue weighted by atomic mass is 32.2. The smallest absolute Gasteiger partial charge is 0.269 e. The summed E-state index contributed by atoms with van der Waals surface area (Å²) >= 11 is 0. The summed E-state index contributed by atoms with van der Waals surface area (Å²) in [7, 11) is -0.979. The van der Waals surface area contributed by atoms with Crippen molar-refractivity contribution in [3.05, 3.63) is 58.1 Å². The molecular weight excluding hydrogens is 402 g/mol. The first-order chi connectivity index (χ1) is 13.8. The first-order valence-corrected chi connectivity index (χ1v) is 9.97. The fourth-order valence-corrected chi connectivity index (χ4v) is 3.44. The molecule has 2 N–H and O–H groups in total. The van der Waals surface area contributed by atoms with Crippen molar-refractivity contribution in [1.82, 2.24) is 10.0 Å². The van der Waals surface area contributed by atoms with Crippen LogP contribution < -0.4 is 19.5 Å². The number of ether oxygens (including phenoxy) is 2. The topological polar surface area (TPSA) is 137 Å². The first kappa shape index (κ1) is 22.1. The SMILES string of the molecule is COc1ccc(S(=O)(=O)NCCC(=O)NCc2ccc([N+](=O)[O-])cc2)cc1OC. The number of non-ortho nitro benzene ring substituents is 1. The summed E-state index contributed by atoms with van der Waals surface area (Å²) in [5.41, 5.74) is 0.652. The molecule has 0 atom stereocenters. The number of hydrogen-bond acceptors (Lipinski definition) is 7. The Bertz CT molecular complexity index is 975. The quantitative estimate of drug-likeness (QED) is 0.437. The molecule has 0 spiro atoms. The predicted octanol–water partition coefficient (Wildman–Crippen LogP) is 1.60. The molecule has 0 aliphatic heterocycles. The number of nitro groups is 1. The number of sulfonamides is 1. The minimum Gasteiger partial charge on any atom is -0.493 e. The number of rotatable bonds is 10. The predicted molar refractivity (Wildman–Crippen MR) is 104 cm³/mol. The van der Waals surface area contributed by atoms with Gasteiger partial charge in [-0.2, -0.15) is 0 Å². The van der Waals surface area contributed by atoms with E-state index in [1.165, 1.54) is 56.7 Å². The van der Waals surface area contributed by atoms with Crippen molar-refractivity contribution in [1.29, 1.82) is 0 Å². The Hall–Kier alpha value is -3.18. The molecule has 0 aliphatic rings. The van der Waals surface area contributed by atoms with E-state index in [0.29, 0.717) is 11.3 Å². The maximum absolute atomic E-state index is 12.4. The van der Waals surface area contributed by atoms with Gasteiger partial charge in [0.05, 0.1) is 24.0 Å². The van der Waals surface area contributed by atoms with E-state index < -0.39 is 14.9 Å². The molecule has 2 rings (SSSR count). The molecule has 10 nitrogen and oxygen atoms in total. The van der Waals surface area contributed by atoms with Gasteiger partial charge in [-0.05, 0) is 17.7 Å². The summed E-state index contributed by atoms with van der Waals surface area (Å²) in [6.07, 6.45) is -0.0699. The molecule has 0 unspecified atom stereocenters. The molecule has 0 fully saturated rings. The number of nitro benzene ring substituents is 1. The number of nitrogens with one attached hydrogen (secondary N) is 2. The van der Waals surface area contributed by atoms with Crippen LogP contribution in [0.1, 0.15) is 12.0 Å². The zero-order valence-corrected chi connectivity index (χ0v) is 16.7. The van der Waals surface area contributed by atoms with Crippen LogP contribution in [0, 0.1) is 10.1 Å². The average Bonchev–Trinajstić information content (AvgIpc) is 2.71. The molecule has 1 amide bonds. The van der Waals surface area contributed by atoms with Gasteiger partial charge in [-0.15, -0.1) is 0 Å². The second-order valence-electron chi connectivity index (χ2n) is 5.86. The fourth-order valence-electron chi connectivity index (χ4n) is 2.39. The van der Waals surface area contributed by atoms with Gasteiger partial charge in [-0.1, -0.05) is 12.1 Å². The normalized spacial score (nSPS) is 11.0. The van der Waals surface area contributed by atoms with Crippen LogP contribution in [0.2, 0.25) is 0 Å². The molecule has 0 bridgehead atoms. The van der Waals surface area contributed by atoms with Gasteiger partial charge in [-0.3, -0.25) is 14.9 Å². The highest BCUT2D eigenvalue weighted by molar-refractivity contribution is 7.89. The first-order valence-electron chi connectivity index (χ1n) is 8.48. The third kappa shape index (κ3) is 6.16. The van der Waals surface area contributed by atoms with Crippen LogP contribution in [0.4, 0.5) is 5.69 Å². The van der Waals surface area contributed by atoms with Crippen molar-refractivity contribution < 1.29 is 27.6 Å². The van der Waals surface area contributed by atoms with Crippen LogP contribution in [-0.2, 0) is 21.4 Å². The van der Waals surface area contributed by atoms with Crippen LogP contribution in [-0.4, -0.2) is 40.0 Å². The van der Waals surface area contributed by atoms with E-state index in [-0.39, 0.29) is 41.7 Å². The Morgan fingerprint density at radius 2 is 1.72 bits per heavy atom. The van der Waals surface area contributed by atoms with E-state index in [1.54, 1.807) is 0 Å². The Morgan fingerprint density at radius 1 is 1.07 bits per heavy atom. The highest BCUT2D eigenvalue weighted by Crippen LogP contribution is 2.29. The molecule has 0 aliphatic carbocycles. The molecule has 0 heterocycles. The van der Waals surface area contributed by atoms with Crippen LogP contribution in [0.15, 0.2) is 47.4 Å². The largest absolute Gasteiger partial charge is 0.493 e. The Labute approximate surface area is 168 Å². The lowest BCUT2D eigenvalue weighted by Gasteiger charge is -2.11. The summed E-state index contributed by atoms with van der Waals surface area (Å²) in [5.74, 6) is 0.312. The summed E-state index contributed by atoms with van der Waals surface area (Å²) in [6, 6.07) is 9.95. The highest BCUT2D eigenvalue weighted by Gasteiger charge is 2.17. The maximum Gasteiger partial charge on any atom is 0.269 e. The molecule has 29 heavy (non-hydrogen) atoms. The molecule has 156 valence electrons. The van der Waals surface area contributed by atoms with E-state index in [1.807, 2.05) is 0 Å². The van der Waals surface area contributed by atoms with E-state index in [2.05, 4.69) is 10.0 Å². The monoisotopic (exact) mass is 423 g/mol. The van der Waals surface area contributed by atoms with Crippen LogP contribution in [0.25, 0.3) is 0 Å². The summed E-state index contributed by atoms with van der Waals surface area (Å²) < 4.78 is 37.2. The number of hydrogen-bond donors (Lipinski definition) is 2. The maximum atomic E-state index is 12.4. The number of nitrogens with zero attached hydrogens (tertiary/aromatic N) is 1. The van der Waals surface area contributed by atoms with Crippen molar-refractivity contribution in [3.63, 3.8) is 0 Å². The van der Waals surface area contributed by atoms with Gasteiger partial charge in [0.15, 0.2) is 11.5 Å². The molecule has 0 saturated carbocycles. The lowest BCUT2D eigenvalue weighted by molar-refractivity contribution is -0.384. The van der Waals surface area contributed by atoms with Crippen molar-refractivity contribution >= 4 is 21.6 Å². The van der Waals surface area contributed by atoms with E-state index in [9.17, 15) is 23.3 Å². The summed E-state index contributed by atoms with van der Waals surface area (Å²) in [6.45, 7) is 0.0853. The lowest BCUT2D eigenvalue weighted by atomic mass is 10.2. The summed E-state index contributed by atoms with van der Waals surface area (Å²) in [4.78, 5) is 22.0. The van der Waals surface area contributed by atoms with Gasteiger partial charge >= 0.3 is 0 Å². The zero-order valence-electron chi connectivity index (χ0n) is 15.9. The van der Waals surface area contributed by atoms with Crippen LogP contribution >= 0.6 is 0 Å². The van der Waals surface area contributed by atoms with Crippen molar-refractivity contribution in [3.8, 4) is 11.5 Å². The number of benzene rings is 2. The van der Waals surface area contributed by atoms with Gasteiger partial charge in [0, 0.05) is 37.7 Å². The Kier molecular flexibility index (Phi) is 7.51. The standard InChI is InChI=1S/C18H21N3O7S/c1-27-16-8-7-15(11-17(16)28-2)29(25,26)20-10-9-18(22)19-12-13-3-5-14(6-4-13)21(23)24/h3-8,11,20H,9-10,12H2,1-2H3,(H,19,22). The minimum absolute atomic E-state index is 0.0126. The second kappa shape index (κ2) is 9.85. The molecule has 2 aromatic rings. The van der Waals surface area contributed by atoms with Crippen LogP contribution in [0.5, 0.6) is 11.5 Å². The fraction of sp³-hybridized carbons (Fsp3) is 0.278. The molecule has 2 aromatic carbocycles. The Balaban J connectivity index is 1.85. The van der Waals surface area contributed by atoms with Gasteiger partial charge < -0.3 is 14.8 Å². The number of carbonyl (C=O) groups is 1. The summed E-state index contributed by atoms with van der Waals surface area (Å²) in [5, 5.41) is 13.2. The average molecular weight is 423 g/mol. The zero-order chi connectivity index (χ0) is 21.4. The minimum atomic E-state index is -3.82. The van der Waals surface area contributed by atoms with Crippen LogP contribution in [0.3, 0.4) is 0 Å². The number of carbonyl (C=O) groups excluding carboxylic acids is 1. The van der Waals surface area contributed by atoms with E-state index in [0.717, 1.165) is 0 Å². The number of amides is 1. The second-order valence-corrected chi connectivity index (χ2v) is 7.63.